The van der Waals surface area contributed by atoms with Crippen LogP contribution >= 0.6 is 11.8 Å². The molecular formula is C23H21F3N4O2S. The van der Waals surface area contributed by atoms with Crippen LogP contribution in [0.15, 0.2) is 66.1 Å². The van der Waals surface area contributed by atoms with Crippen LogP contribution in [0.25, 0.3) is 5.69 Å². The number of benzene rings is 2. The summed E-state index contributed by atoms with van der Waals surface area (Å²) < 4.78 is 40.8. The topological polar surface area (TPSA) is 58.4 Å². The van der Waals surface area contributed by atoms with Crippen LogP contribution in [0.1, 0.15) is 26.3 Å². The van der Waals surface area contributed by atoms with Crippen molar-refractivity contribution < 1.29 is 22.8 Å². The molecule has 3 aromatic rings. The first-order valence-corrected chi connectivity index (χ1v) is 11.4. The molecule has 4 rings (SSSR count). The Kier molecular flexibility index (Phi) is 6.46. The molecule has 0 N–H and O–H groups in total. The molecule has 0 radical (unpaired) electrons. The monoisotopic (exact) mass is 474 g/mol. The van der Waals surface area contributed by atoms with Crippen LogP contribution in [0.2, 0.25) is 0 Å². The van der Waals surface area contributed by atoms with Gasteiger partial charge in [-0.25, -0.2) is 4.98 Å². The largest absolute Gasteiger partial charge is 0.416 e. The third-order valence-corrected chi connectivity index (χ3v) is 6.14. The molecule has 2 heterocycles. The van der Waals surface area contributed by atoms with Gasteiger partial charge >= 0.3 is 6.18 Å². The standard InChI is InChI=1S/C23H21F3N4O2S/c1-33-22-27-9-10-30(22)19-7-5-16(6-8-19)20(31)28-11-13-29(14-12-28)21(32)17-3-2-4-18(15-17)23(24,25)26/h2-10,15H,11-14H2,1H3. The molecule has 0 bridgehead atoms. The molecule has 6 nitrogen and oxygen atoms in total. The van der Waals surface area contributed by atoms with E-state index in [9.17, 15) is 22.8 Å². The van der Waals surface area contributed by atoms with Gasteiger partial charge in [-0.05, 0) is 48.7 Å². The Balaban J connectivity index is 1.39. The van der Waals surface area contributed by atoms with Gasteiger partial charge in [-0.1, -0.05) is 17.8 Å². The van der Waals surface area contributed by atoms with Crippen LogP contribution in [0, 0.1) is 0 Å². The minimum Gasteiger partial charge on any atom is -0.335 e. The molecule has 1 aliphatic heterocycles. The molecule has 172 valence electrons. The van der Waals surface area contributed by atoms with Crippen molar-refractivity contribution in [2.45, 2.75) is 11.3 Å². The molecule has 0 unspecified atom stereocenters. The Hall–Kier alpha value is -3.27. The lowest BCUT2D eigenvalue weighted by molar-refractivity contribution is -0.137. The lowest BCUT2D eigenvalue weighted by Crippen LogP contribution is -2.50. The van der Waals surface area contributed by atoms with E-state index >= 15 is 0 Å². The van der Waals surface area contributed by atoms with Gasteiger partial charge in [-0.15, -0.1) is 0 Å². The number of imidazole rings is 1. The fraction of sp³-hybridized carbons (Fsp3) is 0.261. The SMILES string of the molecule is CSc1nccn1-c1ccc(C(=O)N2CCN(C(=O)c3cccc(C(F)(F)F)c3)CC2)cc1. The Morgan fingerprint density at radius 1 is 0.909 bits per heavy atom. The molecule has 2 aromatic carbocycles. The second-order valence-corrected chi connectivity index (χ2v) is 8.27. The van der Waals surface area contributed by atoms with E-state index in [1.807, 2.05) is 29.2 Å². The summed E-state index contributed by atoms with van der Waals surface area (Å²) in [6.45, 7) is 1.13. The molecule has 33 heavy (non-hydrogen) atoms. The zero-order valence-corrected chi connectivity index (χ0v) is 18.6. The van der Waals surface area contributed by atoms with Gasteiger partial charge in [0.1, 0.15) is 0 Å². The predicted molar refractivity (Wildman–Crippen MR) is 119 cm³/mol. The Morgan fingerprint density at radius 2 is 1.52 bits per heavy atom. The molecule has 2 amide bonds. The lowest BCUT2D eigenvalue weighted by atomic mass is 10.1. The third kappa shape index (κ3) is 4.90. The number of hydrogen-bond acceptors (Lipinski definition) is 4. The minimum atomic E-state index is -4.51. The summed E-state index contributed by atoms with van der Waals surface area (Å²) in [4.78, 5) is 33.0. The van der Waals surface area contributed by atoms with Crippen molar-refractivity contribution in [2.75, 3.05) is 32.4 Å². The average Bonchev–Trinajstić information content (AvgIpc) is 3.32. The van der Waals surface area contributed by atoms with Crippen LogP contribution in [0.4, 0.5) is 13.2 Å². The van der Waals surface area contributed by atoms with Crippen molar-refractivity contribution in [1.29, 1.82) is 0 Å². The summed E-state index contributed by atoms with van der Waals surface area (Å²) >= 11 is 1.52. The highest BCUT2D eigenvalue weighted by Gasteiger charge is 2.32. The third-order valence-electron chi connectivity index (χ3n) is 5.47. The number of nitrogens with zero attached hydrogens (tertiary/aromatic N) is 4. The number of halogens is 3. The summed E-state index contributed by atoms with van der Waals surface area (Å²) in [6, 6.07) is 11.6. The molecule has 1 fully saturated rings. The van der Waals surface area contributed by atoms with E-state index in [0.717, 1.165) is 23.0 Å². The summed E-state index contributed by atoms with van der Waals surface area (Å²) in [5.74, 6) is -0.620. The van der Waals surface area contributed by atoms with Crippen LogP contribution < -0.4 is 0 Å². The Labute approximate surface area is 193 Å². The Morgan fingerprint density at radius 3 is 2.09 bits per heavy atom. The zero-order valence-electron chi connectivity index (χ0n) is 17.7. The first-order chi connectivity index (χ1) is 15.8. The fourth-order valence-electron chi connectivity index (χ4n) is 3.71. The van der Waals surface area contributed by atoms with Gasteiger partial charge in [0, 0.05) is 55.4 Å². The molecule has 0 atom stereocenters. The lowest BCUT2D eigenvalue weighted by Gasteiger charge is -2.35. The van der Waals surface area contributed by atoms with Crippen molar-refractivity contribution >= 4 is 23.6 Å². The van der Waals surface area contributed by atoms with Gasteiger partial charge in [0.25, 0.3) is 11.8 Å². The van der Waals surface area contributed by atoms with Crippen LogP contribution in [-0.4, -0.2) is 63.6 Å². The van der Waals surface area contributed by atoms with Gasteiger partial charge in [0.05, 0.1) is 5.56 Å². The molecule has 0 saturated carbocycles. The van der Waals surface area contributed by atoms with E-state index in [1.54, 1.807) is 23.2 Å². The maximum atomic E-state index is 12.9. The Bertz CT molecular complexity index is 1150. The second-order valence-electron chi connectivity index (χ2n) is 7.49. The molecule has 0 aliphatic carbocycles. The highest BCUT2D eigenvalue weighted by molar-refractivity contribution is 7.98. The van der Waals surface area contributed by atoms with Crippen molar-refractivity contribution in [3.8, 4) is 5.69 Å². The number of carbonyl (C=O) groups excluding carboxylic acids is 2. The average molecular weight is 475 g/mol. The normalized spacial score (nSPS) is 14.4. The summed E-state index contributed by atoms with van der Waals surface area (Å²) in [5.41, 5.74) is 0.558. The molecular weight excluding hydrogens is 453 g/mol. The highest BCUT2D eigenvalue weighted by atomic mass is 32.2. The van der Waals surface area contributed by atoms with Gasteiger partial charge < -0.3 is 9.80 Å². The maximum absolute atomic E-state index is 12.9. The van der Waals surface area contributed by atoms with Crippen molar-refractivity contribution in [3.05, 3.63) is 77.6 Å². The van der Waals surface area contributed by atoms with E-state index < -0.39 is 17.6 Å². The number of aromatic nitrogens is 2. The maximum Gasteiger partial charge on any atom is 0.416 e. The first-order valence-electron chi connectivity index (χ1n) is 10.2. The number of alkyl halides is 3. The van der Waals surface area contributed by atoms with Crippen molar-refractivity contribution in [1.82, 2.24) is 19.4 Å². The zero-order chi connectivity index (χ0) is 23.6. The summed E-state index contributed by atoms with van der Waals surface area (Å²) in [7, 11) is 0. The molecule has 0 spiro atoms. The number of thioether (sulfide) groups is 1. The number of piperazine rings is 1. The van der Waals surface area contributed by atoms with Crippen molar-refractivity contribution in [3.63, 3.8) is 0 Å². The molecule has 1 aromatic heterocycles. The number of hydrogen-bond donors (Lipinski definition) is 0. The van der Waals surface area contributed by atoms with Crippen LogP contribution in [0.3, 0.4) is 0 Å². The number of carbonyl (C=O) groups is 2. The molecule has 10 heteroatoms. The number of amides is 2. The van der Waals surface area contributed by atoms with E-state index in [4.69, 9.17) is 0 Å². The van der Waals surface area contributed by atoms with Gasteiger partial charge in [0.2, 0.25) is 0 Å². The predicted octanol–water partition coefficient (Wildman–Crippen LogP) is 4.21. The highest BCUT2D eigenvalue weighted by Crippen LogP contribution is 2.30. The van der Waals surface area contributed by atoms with E-state index in [1.165, 1.54) is 28.8 Å². The quantitative estimate of drug-likeness (QED) is 0.532. The first kappa shape index (κ1) is 22.9. The van der Waals surface area contributed by atoms with Gasteiger partial charge in [-0.2, -0.15) is 13.2 Å². The second kappa shape index (κ2) is 9.30. The van der Waals surface area contributed by atoms with Crippen molar-refractivity contribution in [2.24, 2.45) is 0 Å². The summed E-state index contributed by atoms with van der Waals surface area (Å²) in [6.07, 6.45) is 0.994. The molecule has 1 aliphatic rings. The molecule has 1 saturated heterocycles. The smallest absolute Gasteiger partial charge is 0.335 e. The summed E-state index contributed by atoms with van der Waals surface area (Å²) in [5, 5.41) is 0.843. The fourth-order valence-corrected chi connectivity index (χ4v) is 4.24. The van der Waals surface area contributed by atoms with Crippen LogP contribution in [0.5, 0.6) is 0 Å². The van der Waals surface area contributed by atoms with Gasteiger partial charge in [0.15, 0.2) is 5.16 Å². The van der Waals surface area contributed by atoms with E-state index in [2.05, 4.69) is 4.98 Å². The van der Waals surface area contributed by atoms with Gasteiger partial charge in [-0.3, -0.25) is 14.2 Å². The van der Waals surface area contributed by atoms with E-state index in [-0.39, 0.29) is 24.6 Å². The minimum absolute atomic E-state index is 0.00990. The number of rotatable bonds is 4. The van der Waals surface area contributed by atoms with E-state index in [0.29, 0.717) is 18.7 Å². The van der Waals surface area contributed by atoms with Crippen LogP contribution in [-0.2, 0) is 6.18 Å².